The van der Waals surface area contributed by atoms with Crippen molar-refractivity contribution in [2.24, 2.45) is 5.14 Å². The van der Waals surface area contributed by atoms with E-state index in [9.17, 15) is 4.79 Å². The average molecular weight is 446 g/mol. The summed E-state index contributed by atoms with van der Waals surface area (Å²) < 4.78 is 0. The van der Waals surface area contributed by atoms with Crippen LogP contribution in [0.4, 0.5) is 5.95 Å². The van der Waals surface area contributed by atoms with Crippen molar-refractivity contribution < 1.29 is 4.79 Å². The maximum Gasteiger partial charge on any atom is 0.224 e. The van der Waals surface area contributed by atoms with Gasteiger partial charge in [0.25, 0.3) is 0 Å². The van der Waals surface area contributed by atoms with Gasteiger partial charge in [-0.1, -0.05) is 78.9 Å². The largest absolute Gasteiger partial charge is 0.369 e. The summed E-state index contributed by atoms with van der Waals surface area (Å²) in [5.41, 5.74) is 11.9. The average Bonchev–Trinajstić information content (AvgIpc) is 3.28. The lowest BCUT2D eigenvalue weighted by atomic mass is 10.0. The second-order valence-corrected chi connectivity index (χ2v) is 7.33. The molecule has 1 amide bonds. The molecule has 0 aliphatic carbocycles. The zero-order chi connectivity index (χ0) is 22.9. The highest BCUT2D eigenvalue weighted by Gasteiger charge is 2.11. The summed E-state index contributed by atoms with van der Waals surface area (Å²) in [7, 11) is 0. The lowest BCUT2D eigenvalue weighted by molar-refractivity contribution is -0.121. The molecule has 0 aliphatic heterocycles. The first-order valence-electron chi connectivity index (χ1n) is 10.2. The molecule has 32 heavy (non-hydrogen) atoms. The number of aromatic nitrogens is 2. The van der Waals surface area contributed by atoms with E-state index in [0.717, 1.165) is 27.9 Å². The molecule has 0 spiro atoms. The van der Waals surface area contributed by atoms with Crippen molar-refractivity contribution in [1.29, 1.82) is 0 Å². The normalized spacial score (nSPS) is 11.2. The number of imidazole rings is 1. The Morgan fingerprint density at radius 3 is 2.12 bits per heavy atom. The Kier molecular flexibility index (Phi) is 8.08. The van der Waals surface area contributed by atoms with Gasteiger partial charge in [-0.15, -0.1) is 12.8 Å². The molecule has 6 nitrogen and oxygen atoms in total. The fourth-order valence-electron chi connectivity index (χ4n) is 3.44. The standard InChI is InChI=1S/C25H24N4O.H3NS/c1-17(19-11-13-22(14-12-19)23-16-27-25(26)29-23)28-24(30)15-18-7-9-21(10-8-18)20-5-3-2-4-6-20;1-2/h2-14,16-17H,15H2,1H3,(H,28,30)(H3,26,27,29);2H,1H2. The van der Waals surface area contributed by atoms with E-state index >= 15 is 0 Å². The van der Waals surface area contributed by atoms with Crippen molar-refractivity contribution in [3.05, 3.63) is 96.2 Å². The molecule has 0 radical (unpaired) electrons. The molecule has 0 aliphatic rings. The minimum absolute atomic E-state index is 0.000351. The van der Waals surface area contributed by atoms with E-state index in [4.69, 9.17) is 5.73 Å². The number of benzene rings is 3. The minimum Gasteiger partial charge on any atom is -0.369 e. The first-order chi connectivity index (χ1) is 15.6. The van der Waals surface area contributed by atoms with Crippen molar-refractivity contribution in [1.82, 2.24) is 15.3 Å². The number of aromatic amines is 1. The van der Waals surface area contributed by atoms with Crippen molar-refractivity contribution in [3.8, 4) is 22.4 Å². The Morgan fingerprint density at radius 2 is 1.53 bits per heavy atom. The van der Waals surface area contributed by atoms with Gasteiger partial charge in [0, 0.05) is 0 Å². The number of carbonyl (C=O) groups excluding carboxylic acids is 1. The maximum absolute atomic E-state index is 12.5. The molecule has 0 bridgehead atoms. The van der Waals surface area contributed by atoms with Gasteiger partial charge in [0.15, 0.2) is 5.95 Å². The van der Waals surface area contributed by atoms with Gasteiger partial charge in [-0.05, 0) is 34.7 Å². The van der Waals surface area contributed by atoms with E-state index in [1.807, 2.05) is 61.5 Å². The van der Waals surface area contributed by atoms with Gasteiger partial charge in [0.1, 0.15) is 0 Å². The summed E-state index contributed by atoms with van der Waals surface area (Å²) >= 11 is 3.03. The molecule has 164 valence electrons. The first-order valence-corrected chi connectivity index (χ1v) is 10.7. The molecule has 3 aromatic carbocycles. The van der Waals surface area contributed by atoms with Crippen LogP contribution >= 0.6 is 12.8 Å². The minimum atomic E-state index is -0.0815. The lowest BCUT2D eigenvalue weighted by Crippen LogP contribution is -2.28. The van der Waals surface area contributed by atoms with Crippen LogP contribution in [-0.2, 0) is 11.2 Å². The number of amides is 1. The molecule has 7 heteroatoms. The predicted molar refractivity (Wildman–Crippen MR) is 134 cm³/mol. The van der Waals surface area contributed by atoms with Gasteiger partial charge in [-0.25, -0.2) is 4.98 Å². The maximum atomic E-state index is 12.5. The molecular weight excluding hydrogens is 418 g/mol. The molecule has 0 fully saturated rings. The number of nitrogens with one attached hydrogen (secondary N) is 2. The summed E-state index contributed by atoms with van der Waals surface area (Å²) in [4.78, 5) is 19.5. The second-order valence-electron chi connectivity index (χ2n) is 7.33. The van der Waals surface area contributed by atoms with Crippen LogP contribution < -0.4 is 16.2 Å². The quantitative estimate of drug-likeness (QED) is 0.281. The Morgan fingerprint density at radius 1 is 0.938 bits per heavy atom. The van der Waals surface area contributed by atoms with E-state index in [-0.39, 0.29) is 11.9 Å². The Bertz CT molecular complexity index is 1130. The van der Waals surface area contributed by atoms with Gasteiger partial charge in [0.2, 0.25) is 5.91 Å². The van der Waals surface area contributed by atoms with Crippen LogP contribution in [0.1, 0.15) is 24.1 Å². The zero-order valence-corrected chi connectivity index (χ0v) is 18.7. The van der Waals surface area contributed by atoms with Gasteiger partial charge in [0.05, 0.1) is 24.4 Å². The number of nitrogen functional groups attached to an aromatic ring is 1. The van der Waals surface area contributed by atoms with Crippen molar-refractivity contribution in [2.45, 2.75) is 19.4 Å². The van der Waals surface area contributed by atoms with Crippen molar-refractivity contribution >= 4 is 24.7 Å². The van der Waals surface area contributed by atoms with E-state index in [1.54, 1.807) is 6.20 Å². The number of nitrogens with two attached hydrogens (primary N) is 2. The number of nitrogens with zero attached hydrogens (tertiary/aromatic N) is 1. The smallest absolute Gasteiger partial charge is 0.224 e. The topological polar surface area (TPSA) is 110 Å². The molecular formula is C25H27N5OS. The summed E-state index contributed by atoms with van der Waals surface area (Å²) in [6.45, 7) is 1.99. The van der Waals surface area contributed by atoms with E-state index in [1.165, 1.54) is 5.56 Å². The van der Waals surface area contributed by atoms with Crippen LogP contribution in [0, 0.1) is 0 Å². The molecule has 1 aromatic heterocycles. The number of hydrogen-bond donors (Lipinski definition) is 5. The number of carbonyl (C=O) groups is 1. The molecule has 0 saturated carbocycles. The fraction of sp³-hybridized carbons (Fsp3) is 0.120. The SMILES string of the molecule is CC(NC(=O)Cc1ccc(-c2ccccc2)cc1)c1ccc(-c2cnc(N)[nH]2)cc1.NS. The molecule has 4 aromatic rings. The third kappa shape index (κ3) is 6.00. The summed E-state index contributed by atoms with van der Waals surface area (Å²) in [5, 5.41) is 7.27. The highest BCUT2D eigenvalue weighted by atomic mass is 32.1. The summed E-state index contributed by atoms with van der Waals surface area (Å²) in [6, 6.07) is 26.3. The van der Waals surface area contributed by atoms with Gasteiger partial charge < -0.3 is 16.0 Å². The van der Waals surface area contributed by atoms with Crippen LogP contribution in [0.5, 0.6) is 0 Å². The van der Waals surface area contributed by atoms with Crippen LogP contribution in [0.3, 0.4) is 0 Å². The molecule has 6 N–H and O–H groups in total. The molecule has 1 unspecified atom stereocenters. The summed E-state index contributed by atoms with van der Waals surface area (Å²) in [6.07, 6.45) is 2.06. The van der Waals surface area contributed by atoms with E-state index in [2.05, 4.69) is 57.5 Å². The fourth-order valence-corrected chi connectivity index (χ4v) is 3.44. The molecule has 4 rings (SSSR count). The number of rotatable bonds is 6. The van der Waals surface area contributed by atoms with E-state index in [0.29, 0.717) is 12.4 Å². The number of anilines is 1. The lowest BCUT2D eigenvalue weighted by Gasteiger charge is -2.15. The second kappa shape index (κ2) is 11.2. The highest BCUT2D eigenvalue weighted by Crippen LogP contribution is 2.22. The third-order valence-corrected chi connectivity index (χ3v) is 5.12. The molecule has 1 atom stereocenters. The van der Waals surface area contributed by atoms with Crippen LogP contribution in [0.15, 0.2) is 85.1 Å². The Hall–Kier alpha value is -3.55. The van der Waals surface area contributed by atoms with Crippen LogP contribution in [0.25, 0.3) is 22.4 Å². The first kappa shape index (κ1) is 23.1. The van der Waals surface area contributed by atoms with Crippen LogP contribution in [-0.4, -0.2) is 15.9 Å². The summed E-state index contributed by atoms with van der Waals surface area (Å²) in [5.74, 6) is 0.395. The highest BCUT2D eigenvalue weighted by molar-refractivity contribution is 7.77. The Balaban J connectivity index is 0.00000141. The molecule has 1 heterocycles. The monoisotopic (exact) mass is 445 g/mol. The van der Waals surface area contributed by atoms with Crippen LogP contribution in [0.2, 0.25) is 0 Å². The number of H-pyrrole nitrogens is 1. The van der Waals surface area contributed by atoms with E-state index < -0.39 is 0 Å². The van der Waals surface area contributed by atoms with Gasteiger partial charge in [-0.3, -0.25) is 9.93 Å². The number of hydrogen-bond acceptors (Lipinski definition) is 5. The Labute approximate surface area is 193 Å². The van der Waals surface area contributed by atoms with Crippen molar-refractivity contribution in [2.75, 3.05) is 5.73 Å². The number of thiol groups is 1. The third-order valence-electron chi connectivity index (χ3n) is 5.12. The van der Waals surface area contributed by atoms with Gasteiger partial charge >= 0.3 is 0 Å². The molecule has 0 saturated heterocycles. The van der Waals surface area contributed by atoms with Crippen molar-refractivity contribution in [3.63, 3.8) is 0 Å². The zero-order valence-electron chi connectivity index (χ0n) is 17.8. The van der Waals surface area contributed by atoms with Gasteiger partial charge in [-0.2, -0.15) is 0 Å². The predicted octanol–water partition coefficient (Wildman–Crippen LogP) is 4.54.